The van der Waals surface area contributed by atoms with Crippen molar-refractivity contribution in [3.05, 3.63) is 97.1 Å². The lowest BCUT2D eigenvalue weighted by Crippen LogP contribution is -2.20. The maximum absolute atomic E-state index is 13.1. The fourth-order valence-electron chi connectivity index (χ4n) is 4.15. The van der Waals surface area contributed by atoms with Gasteiger partial charge in [-0.25, -0.2) is 4.68 Å². The van der Waals surface area contributed by atoms with Gasteiger partial charge in [-0.2, -0.15) is 19.9 Å². The number of fused-ring (bicyclic) bond motifs is 1. The Kier molecular flexibility index (Phi) is 5.63. The number of carbonyl (C=O) groups excluding carboxylic acids is 1. The van der Waals surface area contributed by atoms with Crippen LogP contribution in [0.15, 0.2) is 53.5 Å². The number of aryl methyl sites for hydroxylation is 2. The van der Waals surface area contributed by atoms with E-state index in [-0.39, 0.29) is 28.6 Å². The van der Waals surface area contributed by atoms with Crippen molar-refractivity contribution in [1.29, 1.82) is 0 Å². The van der Waals surface area contributed by atoms with Gasteiger partial charge in [0.1, 0.15) is 11.2 Å². The van der Waals surface area contributed by atoms with E-state index in [9.17, 15) is 19.7 Å². The molecule has 186 valence electrons. The van der Waals surface area contributed by atoms with Crippen LogP contribution in [0.25, 0.3) is 22.7 Å². The minimum absolute atomic E-state index is 0.0729. The molecule has 5 rings (SSSR count). The van der Waals surface area contributed by atoms with Gasteiger partial charge in [0.15, 0.2) is 5.65 Å². The number of H-pyrrole nitrogens is 1. The number of hydrogen-bond donors (Lipinski definition) is 2. The van der Waals surface area contributed by atoms with Crippen LogP contribution in [0.1, 0.15) is 32.7 Å². The highest BCUT2D eigenvalue weighted by molar-refractivity contribution is 6.05. The molecule has 2 aromatic carbocycles. The molecular weight excluding hydrogens is 476 g/mol. The molecule has 0 aliphatic rings. The molecule has 3 heterocycles. The zero-order valence-electron chi connectivity index (χ0n) is 20.4. The SMILES string of the molecule is Cc1cc(NC(=O)c2cccc([N+](=O)[O-])c2C)n(-c2nc3c(cnn3-c3cccc(C)c3C)c(=O)[nH]2)n1. The van der Waals surface area contributed by atoms with Gasteiger partial charge in [0, 0.05) is 23.3 Å². The number of benzene rings is 2. The number of anilines is 1. The highest BCUT2D eigenvalue weighted by atomic mass is 16.6. The third kappa shape index (κ3) is 4.03. The van der Waals surface area contributed by atoms with Crippen LogP contribution in [0.3, 0.4) is 0 Å². The van der Waals surface area contributed by atoms with Crippen molar-refractivity contribution >= 4 is 28.4 Å². The molecule has 12 nitrogen and oxygen atoms in total. The summed E-state index contributed by atoms with van der Waals surface area (Å²) in [6, 6.07) is 11.7. The van der Waals surface area contributed by atoms with E-state index in [1.54, 1.807) is 17.7 Å². The summed E-state index contributed by atoms with van der Waals surface area (Å²) in [6.07, 6.45) is 1.45. The Morgan fingerprint density at radius 2 is 1.81 bits per heavy atom. The molecule has 0 spiro atoms. The average Bonchev–Trinajstić information content (AvgIpc) is 3.44. The molecule has 12 heteroatoms. The number of nitrogens with one attached hydrogen (secondary N) is 2. The van der Waals surface area contributed by atoms with E-state index in [2.05, 4.69) is 25.5 Å². The molecule has 0 aliphatic carbocycles. The Hall–Kier alpha value is -5.13. The van der Waals surface area contributed by atoms with Crippen LogP contribution in [0.2, 0.25) is 0 Å². The second-order valence-corrected chi connectivity index (χ2v) is 8.65. The van der Waals surface area contributed by atoms with Crippen LogP contribution in [0, 0.1) is 37.8 Å². The summed E-state index contributed by atoms with van der Waals surface area (Å²) in [5.74, 6) is -0.261. The number of aromatic nitrogens is 6. The molecule has 3 aromatic heterocycles. The Morgan fingerprint density at radius 3 is 2.57 bits per heavy atom. The van der Waals surface area contributed by atoms with E-state index in [1.165, 1.54) is 36.0 Å². The molecule has 1 amide bonds. The zero-order valence-corrected chi connectivity index (χ0v) is 20.4. The number of aromatic amines is 1. The number of carbonyl (C=O) groups is 1. The molecule has 2 N–H and O–H groups in total. The molecule has 37 heavy (non-hydrogen) atoms. The second-order valence-electron chi connectivity index (χ2n) is 8.65. The summed E-state index contributed by atoms with van der Waals surface area (Å²) in [7, 11) is 0. The Balaban J connectivity index is 1.60. The van der Waals surface area contributed by atoms with E-state index in [4.69, 9.17) is 0 Å². The maximum atomic E-state index is 13.1. The topological polar surface area (TPSA) is 154 Å². The third-order valence-electron chi connectivity index (χ3n) is 6.25. The fourth-order valence-corrected chi connectivity index (χ4v) is 4.15. The first-order chi connectivity index (χ1) is 17.7. The largest absolute Gasteiger partial charge is 0.306 e. The standard InChI is InChI=1S/C25H22N8O4/c1-13-7-5-9-19(15(13)3)31-22-18(12-26-31)24(35)29-25(28-22)32-21(11-14(2)30-32)27-23(34)17-8-6-10-20(16(17)4)33(36)37/h5-12H,1-4H3,(H,27,34)(H,28,29,35). The Bertz CT molecular complexity index is 1780. The van der Waals surface area contributed by atoms with Gasteiger partial charge in [-0.3, -0.25) is 24.7 Å². The summed E-state index contributed by atoms with van der Waals surface area (Å²) < 4.78 is 2.90. The van der Waals surface area contributed by atoms with E-state index in [0.29, 0.717) is 16.7 Å². The van der Waals surface area contributed by atoms with E-state index >= 15 is 0 Å². The van der Waals surface area contributed by atoms with Crippen molar-refractivity contribution < 1.29 is 9.72 Å². The zero-order chi connectivity index (χ0) is 26.4. The van der Waals surface area contributed by atoms with E-state index in [0.717, 1.165) is 16.8 Å². The molecular formula is C25H22N8O4. The lowest BCUT2D eigenvalue weighted by atomic mass is 10.1. The minimum atomic E-state index is -0.564. The third-order valence-corrected chi connectivity index (χ3v) is 6.25. The Labute approximate surface area is 209 Å². The van der Waals surface area contributed by atoms with Crippen molar-refractivity contribution in [2.24, 2.45) is 0 Å². The number of nitro benzene ring substituents is 1. The van der Waals surface area contributed by atoms with Gasteiger partial charge >= 0.3 is 0 Å². The highest BCUT2D eigenvalue weighted by Gasteiger charge is 2.21. The van der Waals surface area contributed by atoms with E-state index < -0.39 is 16.4 Å². The molecule has 0 fully saturated rings. The second kappa shape index (κ2) is 8.82. The van der Waals surface area contributed by atoms with Gasteiger partial charge in [-0.15, -0.1) is 0 Å². The van der Waals surface area contributed by atoms with Crippen LogP contribution >= 0.6 is 0 Å². The number of hydrogen-bond acceptors (Lipinski definition) is 7. The van der Waals surface area contributed by atoms with Crippen molar-refractivity contribution in [2.45, 2.75) is 27.7 Å². The van der Waals surface area contributed by atoms with Crippen LogP contribution in [-0.2, 0) is 0 Å². The number of amides is 1. The van der Waals surface area contributed by atoms with Gasteiger partial charge in [-0.05, 0) is 51.0 Å². The summed E-state index contributed by atoms with van der Waals surface area (Å²) in [5.41, 5.74) is 3.52. The predicted molar refractivity (Wildman–Crippen MR) is 137 cm³/mol. The summed E-state index contributed by atoms with van der Waals surface area (Å²) in [5, 5.41) is 23.1. The van der Waals surface area contributed by atoms with Gasteiger partial charge in [0.2, 0.25) is 5.95 Å². The van der Waals surface area contributed by atoms with Gasteiger partial charge in [-0.1, -0.05) is 18.2 Å². The van der Waals surface area contributed by atoms with Crippen molar-refractivity contribution in [3.63, 3.8) is 0 Å². The minimum Gasteiger partial charge on any atom is -0.306 e. The number of rotatable bonds is 5. The first kappa shape index (κ1) is 23.6. The van der Waals surface area contributed by atoms with Crippen LogP contribution in [0.4, 0.5) is 11.5 Å². The van der Waals surface area contributed by atoms with Crippen LogP contribution in [0.5, 0.6) is 0 Å². The molecule has 0 atom stereocenters. The first-order valence-corrected chi connectivity index (χ1v) is 11.3. The molecule has 0 unspecified atom stereocenters. The van der Waals surface area contributed by atoms with Gasteiger partial charge < -0.3 is 5.32 Å². The molecule has 0 saturated heterocycles. The lowest BCUT2D eigenvalue weighted by molar-refractivity contribution is -0.385. The van der Waals surface area contributed by atoms with E-state index in [1.807, 2.05) is 32.0 Å². The molecule has 0 bridgehead atoms. The number of nitro groups is 1. The lowest BCUT2D eigenvalue weighted by Gasteiger charge is -2.11. The summed E-state index contributed by atoms with van der Waals surface area (Å²) >= 11 is 0. The molecule has 0 saturated carbocycles. The number of nitrogens with zero attached hydrogens (tertiary/aromatic N) is 6. The fraction of sp³-hybridized carbons (Fsp3) is 0.160. The summed E-state index contributed by atoms with van der Waals surface area (Å²) in [6.45, 7) is 7.19. The Morgan fingerprint density at radius 1 is 1.05 bits per heavy atom. The predicted octanol–water partition coefficient (Wildman–Crippen LogP) is 3.69. The van der Waals surface area contributed by atoms with Crippen LogP contribution < -0.4 is 10.9 Å². The van der Waals surface area contributed by atoms with Crippen molar-refractivity contribution in [3.8, 4) is 11.6 Å². The normalized spacial score (nSPS) is 11.1. The van der Waals surface area contributed by atoms with Gasteiger partial charge in [0.25, 0.3) is 17.2 Å². The highest BCUT2D eigenvalue weighted by Crippen LogP contribution is 2.24. The average molecular weight is 499 g/mol. The maximum Gasteiger partial charge on any atom is 0.273 e. The summed E-state index contributed by atoms with van der Waals surface area (Å²) in [4.78, 5) is 44.1. The first-order valence-electron chi connectivity index (χ1n) is 11.3. The monoisotopic (exact) mass is 498 g/mol. The quantitative estimate of drug-likeness (QED) is 0.277. The molecule has 0 aliphatic heterocycles. The van der Waals surface area contributed by atoms with Crippen molar-refractivity contribution in [2.75, 3.05) is 5.32 Å². The smallest absolute Gasteiger partial charge is 0.273 e. The molecule has 5 aromatic rings. The van der Waals surface area contributed by atoms with Crippen LogP contribution in [-0.4, -0.2) is 40.4 Å². The van der Waals surface area contributed by atoms with Gasteiger partial charge in [0.05, 0.1) is 22.5 Å². The van der Waals surface area contributed by atoms with Crippen molar-refractivity contribution in [1.82, 2.24) is 29.5 Å². The molecule has 0 radical (unpaired) electrons.